The van der Waals surface area contributed by atoms with E-state index in [-0.39, 0.29) is 11.1 Å². The molecular formula is C20H14Cl2N2O2S. The Kier molecular flexibility index (Phi) is 4.76. The van der Waals surface area contributed by atoms with Gasteiger partial charge in [-0.2, -0.15) is 0 Å². The maximum atomic E-state index is 12.2. The molecule has 0 unspecified atom stereocenters. The largest absolute Gasteiger partial charge is 0.342 e. The average Bonchev–Trinajstić information content (AvgIpc) is 3.11. The number of nitrogens with zero attached hydrogens (tertiary/aromatic N) is 2. The van der Waals surface area contributed by atoms with E-state index in [1.54, 1.807) is 12.1 Å². The van der Waals surface area contributed by atoms with Crippen LogP contribution < -0.4 is 0 Å². The van der Waals surface area contributed by atoms with Crippen LogP contribution in [0, 0.1) is 0 Å². The lowest BCUT2D eigenvalue weighted by molar-refractivity contribution is -0.121. The molecule has 2 aromatic carbocycles. The monoisotopic (exact) mass is 416 g/mol. The molecule has 1 saturated heterocycles. The number of carbonyl (C=O) groups is 2. The second-order valence-corrected chi connectivity index (χ2v) is 8.04. The second kappa shape index (κ2) is 7.08. The Hall–Kier alpha value is -2.21. The van der Waals surface area contributed by atoms with Crippen molar-refractivity contribution in [3.05, 3.63) is 74.7 Å². The third kappa shape index (κ3) is 3.38. The van der Waals surface area contributed by atoms with E-state index < -0.39 is 0 Å². The number of benzene rings is 2. The van der Waals surface area contributed by atoms with Gasteiger partial charge in [0, 0.05) is 46.3 Å². The maximum Gasteiger partial charge on any atom is 0.293 e. The van der Waals surface area contributed by atoms with Gasteiger partial charge in [0.2, 0.25) is 0 Å². The predicted molar refractivity (Wildman–Crippen MR) is 111 cm³/mol. The zero-order valence-electron chi connectivity index (χ0n) is 14.3. The van der Waals surface area contributed by atoms with Gasteiger partial charge >= 0.3 is 0 Å². The van der Waals surface area contributed by atoms with Crippen LogP contribution in [0.1, 0.15) is 11.1 Å². The Morgan fingerprint density at radius 2 is 1.89 bits per heavy atom. The molecule has 136 valence electrons. The molecular weight excluding hydrogens is 403 g/mol. The highest BCUT2D eigenvalue weighted by Gasteiger charge is 2.32. The van der Waals surface area contributed by atoms with Crippen LogP contribution in [0.3, 0.4) is 0 Å². The van der Waals surface area contributed by atoms with Crippen molar-refractivity contribution in [2.45, 2.75) is 6.54 Å². The fourth-order valence-corrected chi connectivity index (χ4v) is 4.33. The summed E-state index contributed by atoms with van der Waals surface area (Å²) in [6, 6.07) is 13.4. The first-order valence-electron chi connectivity index (χ1n) is 8.17. The molecule has 7 heteroatoms. The zero-order valence-corrected chi connectivity index (χ0v) is 16.6. The molecule has 27 heavy (non-hydrogen) atoms. The van der Waals surface area contributed by atoms with Crippen LogP contribution >= 0.6 is 35.0 Å². The number of hydrogen-bond donors (Lipinski definition) is 0. The first kappa shape index (κ1) is 18.2. The fraction of sp³-hybridized carbons (Fsp3) is 0.100. The number of halogens is 2. The van der Waals surface area contributed by atoms with Gasteiger partial charge in [-0.1, -0.05) is 47.5 Å². The van der Waals surface area contributed by atoms with Gasteiger partial charge in [-0.15, -0.1) is 0 Å². The van der Waals surface area contributed by atoms with Crippen molar-refractivity contribution < 1.29 is 9.59 Å². The number of fused-ring (bicyclic) bond motifs is 1. The molecule has 1 aromatic heterocycles. The van der Waals surface area contributed by atoms with E-state index in [9.17, 15) is 9.59 Å². The van der Waals surface area contributed by atoms with E-state index in [2.05, 4.69) is 4.57 Å². The Bertz CT molecular complexity index is 1120. The molecule has 2 amide bonds. The summed E-state index contributed by atoms with van der Waals surface area (Å²) in [5.41, 5.74) is 2.85. The van der Waals surface area contributed by atoms with Gasteiger partial charge in [0.15, 0.2) is 0 Å². The Morgan fingerprint density at radius 3 is 2.59 bits per heavy atom. The third-order valence-corrected chi connectivity index (χ3v) is 6.00. The highest BCUT2D eigenvalue weighted by molar-refractivity contribution is 8.18. The van der Waals surface area contributed by atoms with Crippen LogP contribution in [0.5, 0.6) is 0 Å². The molecule has 0 N–H and O–H groups in total. The summed E-state index contributed by atoms with van der Waals surface area (Å²) < 4.78 is 2.08. The molecule has 4 nitrogen and oxygen atoms in total. The van der Waals surface area contributed by atoms with Crippen molar-refractivity contribution in [2.24, 2.45) is 0 Å². The molecule has 0 bridgehead atoms. The molecule has 0 atom stereocenters. The van der Waals surface area contributed by atoms with Crippen LogP contribution in [0.2, 0.25) is 10.0 Å². The molecule has 1 aliphatic rings. The number of carbonyl (C=O) groups excluding carboxylic acids is 2. The minimum atomic E-state index is -0.275. The summed E-state index contributed by atoms with van der Waals surface area (Å²) >= 11 is 13.3. The Balaban J connectivity index is 1.78. The van der Waals surface area contributed by atoms with Gasteiger partial charge in [0.25, 0.3) is 11.1 Å². The molecule has 0 aliphatic carbocycles. The van der Waals surface area contributed by atoms with Gasteiger partial charge in [-0.3, -0.25) is 14.5 Å². The lowest BCUT2D eigenvalue weighted by atomic mass is 10.1. The van der Waals surface area contributed by atoms with Gasteiger partial charge in [0.1, 0.15) is 0 Å². The topological polar surface area (TPSA) is 42.3 Å². The van der Waals surface area contributed by atoms with E-state index in [4.69, 9.17) is 23.2 Å². The van der Waals surface area contributed by atoms with Crippen molar-refractivity contribution in [3.63, 3.8) is 0 Å². The summed E-state index contributed by atoms with van der Waals surface area (Å²) in [6.07, 6.45) is 3.75. The standard InChI is InChI=1S/C20H14Cl2N2O2S/c1-23-19(25)18(27-20(23)26)8-13-11-24(17-5-3-2-4-15(13)17)10-12-6-7-14(21)9-16(12)22/h2-9,11H,10H2,1H3/b18-8-. The summed E-state index contributed by atoms with van der Waals surface area (Å²) in [7, 11) is 1.49. The molecule has 0 radical (unpaired) electrons. The van der Waals surface area contributed by atoms with E-state index in [0.29, 0.717) is 21.5 Å². The molecule has 3 aromatic rings. The van der Waals surface area contributed by atoms with Crippen molar-refractivity contribution in [1.82, 2.24) is 9.47 Å². The quantitative estimate of drug-likeness (QED) is 0.517. The zero-order chi connectivity index (χ0) is 19.1. The number of likely N-dealkylation sites (N-methyl/N-ethyl adjacent to an activating group) is 1. The Morgan fingerprint density at radius 1 is 1.11 bits per heavy atom. The highest BCUT2D eigenvalue weighted by Crippen LogP contribution is 2.33. The molecule has 4 rings (SSSR count). The summed E-state index contributed by atoms with van der Waals surface area (Å²) in [4.78, 5) is 25.5. The highest BCUT2D eigenvalue weighted by atomic mass is 35.5. The van der Waals surface area contributed by atoms with Crippen molar-refractivity contribution >= 4 is 63.1 Å². The SMILES string of the molecule is CN1C(=O)S/C(=C\c2cn(Cc3ccc(Cl)cc3Cl)c3ccccc23)C1=O. The van der Waals surface area contributed by atoms with E-state index >= 15 is 0 Å². The van der Waals surface area contributed by atoms with Crippen molar-refractivity contribution in [3.8, 4) is 0 Å². The predicted octanol–water partition coefficient (Wildman–Crippen LogP) is 5.66. The lowest BCUT2D eigenvalue weighted by Gasteiger charge is -2.08. The van der Waals surface area contributed by atoms with Crippen LogP contribution in [0.25, 0.3) is 17.0 Å². The fourth-order valence-electron chi connectivity index (χ4n) is 3.04. The van der Waals surface area contributed by atoms with Gasteiger partial charge < -0.3 is 4.57 Å². The normalized spacial score (nSPS) is 16.1. The average molecular weight is 417 g/mol. The van der Waals surface area contributed by atoms with Crippen LogP contribution in [0.4, 0.5) is 4.79 Å². The number of para-hydroxylation sites is 1. The minimum absolute atomic E-state index is 0.261. The number of aromatic nitrogens is 1. The molecule has 2 heterocycles. The number of imide groups is 1. The number of amides is 2. The summed E-state index contributed by atoms with van der Waals surface area (Å²) in [5, 5.41) is 1.94. The number of hydrogen-bond acceptors (Lipinski definition) is 3. The van der Waals surface area contributed by atoms with Crippen molar-refractivity contribution in [2.75, 3.05) is 7.05 Å². The summed E-state index contributed by atoms with van der Waals surface area (Å²) in [5.74, 6) is -0.275. The Labute approximate surface area is 170 Å². The van der Waals surface area contributed by atoms with Gasteiger partial charge in [-0.25, -0.2) is 0 Å². The van der Waals surface area contributed by atoms with E-state index in [1.807, 2.05) is 42.6 Å². The first-order valence-corrected chi connectivity index (χ1v) is 9.74. The van der Waals surface area contributed by atoms with Gasteiger partial charge in [-0.05, 0) is 41.6 Å². The van der Waals surface area contributed by atoms with E-state index in [1.165, 1.54) is 7.05 Å². The molecule has 0 spiro atoms. The van der Waals surface area contributed by atoms with Gasteiger partial charge in [0.05, 0.1) is 4.91 Å². The second-order valence-electron chi connectivity index (χ2n) is 6.21. The van der Waals surface area contributed by atoms with Crippen molar-refractivity contribution in [1.29, 1.82) is 0 Å². The molecule has 0 saturated carbocycles. The van der Waals surface area contributed by atoms with Crippen LogP contribution in [-0.2, 0) is 11.3 Å². The minimum Gasteiger partial charge on any atom is -0.342 e. The summed E-state index contributed by atoms with van der Waals surface area (Å²) in [6.45, 7) is 0.569. The maximum absolute atomic E-state index is 12.2. The number of rotatable bonds is 3. The van der Waals surface area contributed by atoms with Crippen LogP contribution in [0.15, 0.2) is 53.6 Å². The number of thioether (sulfide) groups is 1. The molecule has 1 fully saturated rings. The lowest BCUT2D eigenvalue weighted by Crippen LogP contribution is -2.22. The smallest absolute Gasteiger partial charge is 0.293 e. The molecule has 1 aliphatic heterocycles. The first-order chi connectivity index (χ1) is 12.9. The van der Waals surface area contributed by atoms with E-state index in [0.717, 1.165) is 38.7 Å². The third-order valence-electron chi connectivity index (χ3n) is 4.45. The van der Waals surface area contributed by atoms with Crippen LogP contribution in [-0.4, -0.2) is 27.7 Å².